The Morgan fingerprint density at radius 2 is 1.19 bits per heavy atom. The van der Waals surface area contributed by atoms with E-state index in [9.17, 15) is 46.2 Å². The van der Waals surface area contributed by atoms with Crippen molar-refractivity contribution in [1.29, 1.82) is 0 Å². The van der Waals surface area contributed by atoms with Crippen LogP contribution in [0.4, 0.5) is 13.2 Å². The first-order chi connectivity index (χ1) is 19.2. The Hall–Kier alpha value is -3.85. The van der Waals surface area contributed by atoms with Gasteiger partial charge in [0.15, 0.2) is 0 Å². The van der Waals surface area contributed by atoms with Crippen LogP contribution in [0.5, 0.6) is 11.5 Å². The maximum Gasteiger partial charge on any atom is 0.426 e. The van der Waals surface area contributed by atoms with Gasteiger partial charge in [0, 0.05) is 0 Å². The standard InChI is InChI=1S/C27H31F3O11S/c1-6-26(25(35)41-18(27(28,29)30)11-42(36,37)38,12-39-23(33)19-14(2)7-9-16(4)21(19)31)13-40-24(34)20-15(3)8-10-17(5)22(20)32/h7-10,18,31-32H,6,11-13H2,1-5H3,(H,36,37,38). The van der Waals surface area contributed by atoms with Gasteiger partial charge in [0.2, 0.25) is 6.10 Å². The van der Waals surface area contributed by atoms with Crippen LogP contribution in [0.2, 0.25) is 0 Å². The Bertz CT molecular complexity index is 1390. The summed E-state index contributed by atoms with van der Waals surface area (Å²) in [4.78, 5) is 39.1. The maximum absolute atomic E-state index is 13.5. The van der Waals surface area contributed by atoms with Crippen LogP contribution in [0.1, 0.15) is 56.3 Å². The highest BCUT2D eigenvalue weighted by Gasteiger charge is 2.50. The van der Waals surface area contributed by atoms with Crippen molar-refractivity contribution in [3.05, 3.63) is 57.6 Å². The van der Waals surface area contributed by atoms with Gasteiger partial charge in [-0.2, -0.15) is 21.6 Å². The highest BCUT2D eigenvalue weighted by Crippen LogP contribution is 2.33. The van der Waals surface area contributed by atoms with Gasteiger partial charge < -0.3 is 24.4 Å². The molecule has 2 aromatic rings. The maximum atomic E-state index is 13.5. The fraction of sp³-hybridized carbons (Fsp3) is 0.444. The number of hydrogen-bond acceptors (Lipinski definition) is 10. The topological polar surface area (TPSA) is 174 Å². The molecular formula is C27H31F3O11S. The normalized spacial score (nSPS) is 12.9. The van der Waals surface area contributed by atoms with Crippen LogP contribution in [-0.4, -0.2) is 72.3 Å². The Balaban J connectivity index is 2.49. The van der Waals surface area contributed by atoms with Gasteiger partial charge in [0.25, 0.3) is 10.1 Å². The van der Waals surface area contributed by atoms with Crippen molar-refractivity contribution in [1.82, 2.24) is 0 Å². The minimum absolute atomic E-state index is 0.273. The average molecular weight is 621 g/mol. The van der Waals surface area contributed by atoms with Crippen molar-refractivity contribution < 1.29 is 64.9 Å². The molecule has 232 valence electrons. The molecule has 0 saturated carbocycles. The lowest BCUT2D eigenvalue weighted by Crippen LogP contribution is -2.48. The number of aromatic hydroxyl groups is 2. The molecule has 0 heterocycles. The lowest BCUT2D eigenvalue weighted by molar-refractivity contribution is -0.223. The van der Waals surface area contributed by atoms with E-state index >= 15 is 0 Å². The number of halogens is 3. The molecule has 1 atom stereocenters. The van der Waals surface area contributed by atoms with Crippen molar-refractivity contribution in [3.63, 3.8) is 0 Å². The number of benzene rings is 2. The fourth-order valence-electron chi connectivity index (χ4n) is 3.81. The average Bonchev–Trinajstić information content (AvgIpc) is 2.87. The summed E-state index contributed by atoms with van der Waals surface area (Å²) in [7, 11) is -5.28. The summed E-state index contributed by atoms with van der Waals surface area (Å²) in [6.45, 7) is 5.14. The largest absolute Gasteiger partial charge is 0.507 e. The summed E-state index contributed by atoms with van der Waals surface area (Å²) in [6, 6.07) is 6.02. The van der Waals surface area contributed by atoms with Gasteiger partial charge >= 0.3 is 24.1 Å². The molecule has 2 aromatic carbocycles. The van der Waals surface area contributed by atoms with Crippen molar-refractivity contribution >= 4 is 28.0 Å². The molecule has 0 bridgehead atoms. The number of alkyl halides is 3. The zero-order valence-electron chi connectivity index (χ0n) is 23.4. The molecule has 2 rings (SSSR count). The zero-order valence-corrected chi connectivity index (χ0v) is 24.2. The highest BCUT2D eigenvalue weighted by atomic mass is 32.2. The number of phenols is 2. The molecule has 0 aliphatic carbocycles. The molecule has 11 nitrogen and oxygen atoms in total. The Morgan fingerprint density at radius 3 is 1.52 bits per heavy atom. The van der Waals surface area contributed by atoms with Crippen LogP contribution in [0.3, 0.4) is 0 Å². The van der Waals surface area contributed by atoms with Crippen LogP contribution in [0.15, 0.2) is 24.3 Å². The zero-order chi connectivity index (χ0) is 32.2. The number of carbonyl (C=O) groups excluding carboxylic acids is 3. The van der Waals surface area contributed by atoms with Crippen molar-refractivity contribution in [2.24, 2.45) is 5.41 Å². The quantitative estimate of drug-likeness (QED) is 0.187. The second-order valence-electron chi connectivity index (χ2n) is 9.82. The molecule has 0 radical (unpaired) electrons. The first-order valence-corrected chi connectivity index (χ1v) is 14.0. The molecule has 0 saturated heterocycles. The molecule has 0 aliphatic heterocycles. The lowest BCUT2D eigenvalue weighted by Gasteiger charge is -2.31. The third-order valence-corrected chi connectivity index (χ3v) is 7.35. The van der Waals surface area contributed by atoms with Crippen LogP contribution < -0.4 is 0 Å². The summed E-state index contributed by atoms with van der Waals surface area (Å²) in [6.07, 6.45) is -9.21. The van der Waals surface area contributed by atoms with Gasteiger partial charge in [-0.1, -0.05) is 31.2 Å². The molecule has 0 aliphatic rings. The first-order valence-electron chi connectivity index (χ1n) is 12.4. The van der Waals surface area contributed by atoms with E-state index in [0.29, 0.717) is 11.1 Å². The van der Waals surface area contributed by atoms with E-state index in [-0.39, 0.29) is 22.3 Å². The van der Waals surface area contributed by atoms with Crippen molar-refractivity contribution in [2.45, 2.75) is 53.3 Å². The predicted octanol–water partition coefficient (Wildman–Crippen LogP) is 4.10. The predicted molar refractivity (Wildman–Crippen MR) is 141 cm³/mol. The van der Waals surface area contributed by atoms with Crippen molar-refractivity contribution in [2.75, 3.05) is 19.0 Å². The summed E-state index contributed by atoms with van der Waals surface area (Å²) in [5.74, 6) is -6.98. The summed E-state index contributed by atoms with van der Waals surface area (Å²) < 4.78 is 86.9. The number of rotatable bonds is 11. The molecule has 3 N–H and O–H groups in total. The van der Waals surface area contributed by atoms with Gasteiger partial charge in [-0.15, -0.1) is 0 Å². The van der Waals surface area contributed by atoms with Crippen LogP contribution in [0, 0.1) is 33.1 Å². The fourth-order valence-corrected chi connectivity index (χ4v) is 4.45. The molecule has 0 amide bonds. The molecule has 1 unspecified atom stereocenters. The van der Waals surface area contributed by atoms with Crippen molar-refractivity contribution in [3.8, 4) is 11.5 Å². The summed E-state index contributed by atoms with van der Waals surface area (Å²) in [5.41, 5.74) is -1.75. The smallest absolute Gasteiger partial charge is 0.426 e. The van der Waals surface area contributed by atoms with E-state index in [1.54, 1.807) is 0 Å². The number of aryl methyl sites for hydroxylation is 4. The molecular weight excluding hydrogens is 589 g/mol. The summed E-state index contributed by atoms with van der Waals surface area (Å²) in [5, 5.41) is 20.7. The van der Waals surface area contributed by atoms with E-state index in [1.807, 2.05) is 0 Å². The molecule has 42 heavy (non-hydrogen) atoms. The van der Waals surface area contributed by atoms with Gasteiger partial charge in [-0.05, 0) is 56.4 Å². The Morgan fingerprint density at radius 1 is 0.810 bits per heavy atom. The van der Waals surface area contributed by atoms with Crippen LogP contribution in [-0.2, 0) is 29.1 Å². The number of carbonyl (C=O) groups is 3. The van der Waals surface area contributed by atoms with Gasteiger partial charge in [0.1, 0.15) is 47.0 Å². The molecule has 0 spiro atoms. The van der Waals surface area contributed by atoms with Gasteiger partial charge in [0.05, 0.1) is 0 Å². The second-order valence-corrected chi connectivity index (χ2v) is 11.3. The lowest BCUT2D eigenvalue weighted by atomic mass is 9.86. The molecule has 15 heteroatoms. The monoisotopic (exact) mass is 620 g/mol. The third-order valence-electron chi connectivity index (χ3n) is 6.63. The van der Waals surface area contributed by atoms with Crippen LogP contribution >= 0.6 is 0 Å². The van der Waals surface area contributed by atoms with E-state index in [0.717, 1.165) is 0 Å². The molecule has 0 aromatic heterocycles. The second kappa shape index (κ2) is 13.0. The number of esters is 3. The third kappa shape index (κ3) is 8.12. The van der Waals surface area contributed by atoms with E-state index in [4.69, 9.17) is 14.0 Å². The minimum atomic E-state index is -5.44. The minimum Gasteiger partial charge on any atom is -0.507 e. The number of hydrogen-bond donors (Lipinski definition) is 3. The van der Waals surface area contributed by atoms with Gasteiger partial charge in [-0.25, -0.2) is 9.59 Å². The Labute approximate surface area is 240 Å². The number of phenolic OH excluding ortho intramolecular Hbond substituents is 2. The van der Waals surface area contributed by atoms with E-state index in [1.165, 1.54) is 58.9 Å². The number of ether oxygens (including phenoxy) is 3. The summed E-state index contributed by atoms with van der Waals surface area (Å²) >= 11 is 0. The Kier molecular flexibility index (Phi) is 10.6. The molecule has 0 fully saturated rings. The SMILES string of the molecule is CCC(COC(=O)c1c(C)ccc(C)c1O)(COC(=O)c1c(C)ccc(C)c1O)C(=O)OC(CS(=O)(=O)O)C(F)(F)F. The van der Waals surface area contributed by atoms with Gasteiger partial charge in [-0.3, -0.25) is 9.35 Å². The first kappa shape index (κ1) is 34.4. The van der Waals surface area contributed by atoms with E-state index < -0.39 is 82.6 Å². The van der Waals surface area contributed by atoms with Crippen LogP contribution in [0.25, 0.3) is 0 Å². The van der Waals surface area contributed by atoms with E-state index in [2.05, 4.69) is 4.74 Å². The highest BCUT2D eigenvalue weighted by molar-refractivity contribution is 7.85.